The van der Waals surface area contributed by atoms with E-state index >= 15 is 0 Å². The summed E-state index contributed by atoms with van der Waals surface area (Å²) in [6.45, 7) is 7.14. The summed E-state index contributed by atoms with van der Waals surface area (Å²) >= 11 is 0. The second-order valence-electron chi connectivity index (χ2n) is 5.96. The molecule has 2 rings (SSSR count). The summed E-state index contributed by atoms with van der Waals surface area (Å²) in [6, 6.07) is 9.28. The highest BCUT2D eigenvalue weighted by atomic mass is 16.5. The summed E-state index contributed by atoms with van der Waals surface area (Å²) in [4.78, 5) is 20.0. The van der Waals surface area contributed by atoms with Gasteiger partial charge in [-0.3, -0.25) is 0 Å². The molecule has 5 heteroatoms. The van der Waals surface area contributed by atoms with E-state index in [-0.39, 0.29) is 18.0 Å². The van der Waals surface area contributed by atoms with Crippen molar-refractivity contribution in [3.8, 4) is 0 Å². The summed E-state index contributed by atoms with van der Waals surface area (Å²) in [5.41, 5.74) is 1.82. The van der Waals surface area contributed by atoms with Crippen LogP contribution in [0.15, 0.2) is 42.7 Å². The molecule has 22 heavy (non-hydrogen) atoms. The molecule has 0 aliphatic heterocycles. The van der Waals surface area contributed by atoms with Gasteiger partial charge in [0, 0.05) is 12.4 Å². The summed E-state index contributed by atoms with van der Waals surface area (Å²) in [6.07, 6.45) is 3.30. The molecule has 0 aliphatic rings. The van der Waals surface area contributed by atoms with Crippen LogP contribution in [0.1, 0.15) is 36.7 Å². The quantitative estimate of drug-likeness (QED) is 0.679. The zero-order valence-electron chi connectivity index (χ0n) is 13.2. The van der Waals surface area contributed by atoms with Crippen molar-refractivity contribution in [1.29, 1.82) is 0 Å². The third kappa shape index (κ3) is 4.55. The van der Waals surface area contributed by atoms with Crippen molar-refractivity contribution in [1.82, 2.24) is 9.97 Å². The van der Waals surface area contributed by atoms with E-state index in [0.717, 1.165) is 0 Å². The van der Waals surface area contributed by atoms with Crippen molar-refractivity contribution in [2.24, 2.45) is 0 Å². The number of hydrogen-bond acceptors (Lipinski definition) is 5. The molecule has 0 aliphatic carbocycles. The number of rotatable bonds is 5. The van der Waals surface area contributed by atoms with Crippen molar-refractivity contribution in [2.75, 3.05) is 18.5 Å². The Morgan fingerprint density at radius 2 is 1.77 bits per heavy atom. The van der Waals surface area contributed by atoms with E-state index in [9.17, 15) is 4.79 Å². The third-order valence-corrected chi connectivity index (χ3v) is 3.17. The zero-order valence-corrected chi connectivity index (χ0v) is 13.2. The van der Waals surface area contributed by atoms with Gasteiger partial charge in [0.25, 0.3) is 0 Å². The number of benzene rings is 1. The Hall–Kier alpha value is -2.43. The van der Waals surface area contributed by atoms with Crippen molar-refractivity contribution in [3.63, 3.8) is 0 Å². The molecule has 0 atom stereocenters. The number of hydrogen-bond donors (Lipinski definition) is 1. The lowest BCUT2D eigenvalue weighted by molar-refractivity contribution is 0.0520. The van der Waals surface area contributed by atoms with Gasteiger partial charge in [0.05, 0.1) is 12.1 Å². The molecule has 0 radical (unpaired) electrons. The Labute approximate surface area is 130 Å². The lowest BCUT2D eigenvalue weighted by atomic mass is 9.87. The number of nitrogens with zero attached hydrogens (tertiary/aromatic N) is 2. The first-order chi connectivity index (χ1) is 10.5. The molecule has 0 amide bonds. The van der Waals surface area contributed by atoms with Crippen LogP contribution in [0.4, 0.5) is 5.95 Å². The van der Waals surface area contributed by atoms with E-state index in [1.807, 2.05) is 12.1 Å². The number of nitrogens with one attached hydrogen (secondary N) is 1. The first-order valence-electron chi connectivity index (χ1n) is 7.25. The summed E-state index contributed by atoms with van der Waals surface area (Å²) < 4.78 is 5.22. The van der Waals surface area contributed by atoms with Crippen LogP contribution in [0, 0.1) is 0 Å². The molecule has 5 nitrogen and oxygen atoms in total. The fourth-order valence-electron chi connectivity index (χ4n) is 1.89. The van der Waals surface area contributed by atoms with Gasteiger partial charge >= 0.3 is 5.97 Å². The van der Waals surface area contributed by atoms with Crippen molar-refractivity contribution in [3.05, 3.63) is 53.9 Å². The monoisotopic (exact) mass is 299 g/mol. The lowest BCUT2D eigenvalue weighted by Gasteiger charge is -2.18. The smallest absolute Gasteiger partial charge is 0.338 e. The maximum Gasteiger partial charge on any atom is 0.338 e. The Kier molecular flexibility index (Phi) is 5.09. The Morgan fingerprint density at radius 1 is 1.14 bits per heavy atom. The first kappa shape index (κ1) is 15.9. The fraction of sp³-hybridized carbons (Fsp3) is 0.353. The highest BCUT2D eigenvalue weighted by Crippen LogP contribution is 2.22. The predicted molar refractivity (Wildman–Crippen MR) is 85.9 cm³/mol. The van der Waals surface area contributed by atoms with Gasteiger partial charge in [-0.1, -0.05) is 32.9 Å². The van der Waals surface area contributed by atoms with Crippen LogP contribution < -0.4 is 5.32 Å². The average Bonchev–Trinajstić information content (AvgIpc) is 2.52. The Balaban J connectivity index is 1.80. The van der Waals surface area contributed by atoms with Gasteiger partial charge in [-0.25, -0.2) is 14.8 Å². The van der Waals surface area contributed by atoms with Crippen LogP contribution in [0.25, 0.3) is 0 Å². The number of ether oxygens (including phenoxy) is 1. The second kappa shape index (κ2) is 7.02. The zero-order chi connectivity index (χ0) is 16.0. The molecule has 1 heterocycles. The number of aromatic nitrogens is 2. The number of carbonyl (C=O) groups is 1. The van der Waals surface area contributed by atoms with E-state index in [0.29, 0.717) is 18.1 Å². The summed E-state index contributed by atoms with van der Waals surface area (Å²) in [7, 11) is 0. The highest BCUT2D eigenvalue weighted by Gasteiger charge is 2.14. The number of carbonyl (C=O) groups excluding carboxylic acids is 1. The molecule has 0 saturated heterocycles. The molecular formula is C17H21N3O2. The molecule has 1 aromatic heterocycles. The standard InChI is InChI=1S/C17H21N3O2/c1-17(2,3)14-7-5-13(6-8-14)15(21)22-12-11-20-16-18-9-4-10-19-16/h4-10H,11-12H2,1-3H3,(H,18,19,20). The van der Waals surface area contributed by atoms with E-state index < -0.39 is 0 Å². The maximum absolute atomic E-state index is 11.9. The largest absolute Gasteiger partial charge is 0.460 e. The first-order valence-corrected chi connectivity index (χ1v) is 7.25. The molecule has 0 fully saturated rings. The van der Waals surface area contributed by atoms with E-state index in [4.69, 9.17) is 4.74 Å². The van der Waals surface area contributed by atoms with E-state index in [1.54, 1.807) is 30.6 Å². The van der Waals surface area contributed by atoms with Crippen LogP contribution in [-0.2, 0) is 10.2 Å². The van der Waals surface area contributed by atoms with Crippen LogP contribution in [-0.4, -0.2) is 29.1 Å². The van der Waals surface area contributed by atoms with Crippen molar-refractivity contribution < 1.29 is 9.53 Å². The summed E-state index contributed by atoms with van der Waals surface area (Å²) in [5.74, 6) is 0.198. The van der Waals surface area contributed by atoms with Crippen LogP contribution in [0.2, 0.25) is 0 Å². The van der Waals surface area contributed by atoms with Crippen LogP contribution >= 0.6 is 0 Å². The molecule has 116 valence electrons. The van der Waals surface area contributed by atoms with E-state index in [2.05, 4.69) is 36.1 Å². The van der Waals surface area contributed by atoms with Gasteiger partial charge in [0.1, 0.15) is 6.61 Å². The minimum Gasteiger partial charge on any atom is -0.460 e. The Bertz CT molecular complexity index is 604. The van der Waals surface area contributed by atoms with Gasteiger partial charge in [0.2, 0.25) is 5.95 Å². The normalized spacial score (nSPS) is 11.0. The second-order valence-corrected chi connectivity index (χ2v) is 5.96. The molecule has 0 unspecified atom stereocenters. The number of anilines is 1. The fourth-order valence-corrected chi connectivity index (χ4v) is 1.89. The van der Waals surface area contributed by atoms with Crippen LogP contribution in [0.5, 0.6) is 0 Å². The number of esters is 1. The minimum absolute atomic E-state index is 0.0715. The molecule has 0 spiro atoms. The van der Waals surface area contributed by atoms with Gasteiger partial charge in [-0.15, -0.1) is 0 Å². The lowest BCUT2D eigenvalue weighted by Crippen LogP contribution is -2.15. The average molecular weight is 299 g/mol. The van der Waals surface area contributed by atoms with Gasteiger partial charge < -0.3 is 10.1 Å². The molecular weight excluding hydrogens is 278 g/mol. The van der Waals surface area contributed by atoms with Crippen LogP contribution in [0.3, 0.4) is 0 Å². The van der Waals surface area contributed by atoms with Gasteiger partial charge in [-0.05, 0) is 29.2 Å². The third-order valence-electron chi connectivity index (χ3n) is 3.17. The van der Waals surface area contributed by atoms with Crippen molar-refractivity contribution in [2.45, 2.75) is 26.2 Å². The van der Waals surface area contributed by atoms with Gasteiger partial charge in [0.15, 0.2) is 0 Å². The SMILES string of the molecule is CC(C)(C)c1ccc(C(=O)OCCNc2ncccn2)cc1. The molecule has 1 aromatic carbocycles. The molecule has 0 saturated carbocycles. The summed E-state index contributed by atoms with van der Waals surface area (Å²) in [5, 5.41) is 2.98. The highest BCUT2D eigenvalue weighted by molar-refractivity contribution is 5.89. The van der Waals surface area contributed by atoms with Gasteiger partial charge in [-0.2, -0.15) is 0 Å². The minimum atomic E-state index is -0.323. The predicted octanol–water partition coefficient (Wildman–Crippen LogP) is 3.04. The maximum atomic E-state index is 11.9. The van der Waals surface area contributed by atoms with E-state index in [1.165, 1.54) is 5.56 Å². The Morgan fingerprint density at radius 3 is 2.36 bits per heavy atom. The molecule has 2 aromatic rings. The molecule has 1 N–H and O–H groups in total. The topological polar surface area (TPSA) is 64.1 Å². The molecule has 0 bridgehead atoms. The van der Waals surface area contributed by atoms with Crippen molar-refractivity contribution >= 4 is 11.9 Å².